The normalized spacial score (nSPS) is 10.1. The summed E-state index contributed by atoms with van der Waals surface area (Å²) in [4.78, 5) is 23.1. The minimum absolute atomic E-state index is 0.253. The van der Waals surface area contributed by atoms with Crippen molar-refractivity contribution in [1.29, 1.82) is 0 Å². The van der Waals surface area contributed by atoms with Crippen LogP contribution in [-0.2, 0) is 16.0 Å². The molecule has 0 aliphatic rings. The van der Waals surface area contributed by atoms with E-state index in [4.69, 9.17) is 0 Å². The standard InChI is InChI=1S/C14H13FN2O2S/c15-11-2-1-3-12(8-11)17-14(19)13(18)16-6-4-10-5-7-20-9-10/h1-3,5,7-9H,4,6H2,(H,16,18)(H,17,19). The van der Waals surface area contributed by atoms with Crippen molar-refractivity contribution >= 4 is 28.8 Å². The molecular weight excluding hydrogens is 279 g/mol. The Morgan fingerprint density at radius 2 is 2.05 bits per heavy atom. The maximum atomic E-state index is 12.9. The quantitative estimate of drug-likeness (QED) is 0.849. The van der Waals surface area contributed by atoms with Gasteiger partial charge < -0.3 is 10.6 Å². The lowest BCUT2D eigenvalue weighted by atomic mass is 10.2. The molecule has 0 bridgehead atoms. The Morgan fingerprint density at radius 3 is 2.75 bits per heavy atom. The number of rotatable bonds is 4. The van der Waals surface area contributed by atoms with Crippen LogP contribution in [0.1, 0.15) is 5.56 Å². The van der Waals surface area contributed by atoms with Crippen LogP contribution >= 0.6 is 11.3 Å². The lowest BCUT2D eigenvalue weighted by molar-refractivity contribution is -0.136. The highest BCUT2D eigenvalue weighted by Gasteiger charge is 2.13. The molecule has 2 amide bonds. The molecule has 4 nitrogen and oxygen atoms in total. The van der Waals surface area contributed by atoms with E-state index < -0.39 is 17.6 Å². The molecule has 2 aromatic rings. The fraction of sp³-hybridized carbons (Fsp3) is 0.143. The minimum Gasteiger partial charge on any atom is -0.347 e. The van der Waals surface area contributed by atoms with Crippen molar-refractivity contribution in [3.8, 4) is 0 Å². The van der Waals surface area contributed by atoms with E-state index in [-0.39, 0.29) is 5.69 Å². The first-order chi connectivity index (χ1) is 9.65. The minimum atomic E-state index is -0.805. The molecule has 2 N–H and O–H groups in total. The van der Waals surface area contributed by atoms with Gasteiger partial charge in [0.25, 0.3) is 0 Å². The van der Waals surface area contributed by atoms with Crippen molar-refractivity contribution in [1.82, 2.24) is 5.32 Å². The van der Waals surface area contributed by atoms with Crippen molar-refractivity contribution < 1.29 is 14.0 Å². The largest absolute Gasteiger partial charge is 0.347 e. The third-order valence-electron chi connectivity index (χ3n) is 2.57. The molecule has 0 aliphatic carbocycles. The smallest absolute Gasteiger partial charge is 0.313 e. The number of anilines is 1. The van der Waals surface area contributed by atoms with Crippen LogP contribution in [0.5, 0.6) is 0 Å². The molecule has 1 aromatic heterocycles. The summed E-state index contributed by atoms with van der Waals surface area (Å²) in [5.74, 6) is -2.01. The summed E-state index contributed by atoms with van der Waals surface area (Å²) >= 11 is 1.58. The molecule has 2 rings (SSSR count). The lowest BCUT2D eigenvalue weighted by Gasteiger charge is -2.06. The Balaban J connectivity index is 1.78. The fourth-order valence-electron chi connectivity index (χ4n) is 1.59. The van der Waals surface area contributed by atoms with Crippen LogP contribution in [0.3, 0.4) is 0 Å². The van der Waals surface area contributed by atoms with E-state index in [1.165, 1.54) is 18.2 Å². The highest BCUT2D eigenvalue weighted by atomic mass is 32.1. The Labute approximate surface area is 119 Å². The summed E-state index contributed by atoms with van der Waals surface area (Å²) in [5.41, 5.74) is 1.36. The second-order valence-electron chi connectivity index (χ2n) is 4.10. The Kier molecular flexibility index (Phi) is 4.84. The van der Waals surface area contributed by atoms with Gasteiger partial charge in [-0.05, 0) is 47.0 Å². The topological polar surface area (TPSA) is 58.2 Å². The SMILES string of the molecule is O=C(NCCc1ccsc1)C(=O)Nc1cccc(F)c1. The Bertz CT molecular complexity index is 599. The number of hydrogen-bond donors (Lipinski definition) is 2. The van der Waals surface area contributed by atoms with E-state index in [2.05, 4.69) is 10.6 Å². The summed E-state index contributed by atoms with van der Waals surface area (Å²) in [5, 5.41) is 8.79. The summed E-state index contributed by atoms with van der Waals surface area (Å²) in [6.07, 6.45) is 0.669. The highest BCUT2D eigenvalue weighted by Crippen LogP contribution is 2.08. The number of hydrogen-bond acceptors (Lipinski definition) is 3. The third-order valence-corrected chi connectivity index (χ3v) is 3.30. The van der Waals surface area contributed by atoms with Crippen LogP contribution < -0.4 is 10.6 Å². The lowest BCUT2D eigenvalue weighted by Crippen LogP contribution is -2.36. The number of carbonyl (C=O) groups is 2. The molecular formula is C14H13FN2O2S. The molecule has 1 heterocycles. The third kappa shape index (κ3) is 4.17. The van der Waals surface area contributed by atoms with Crippen LogP contribution in [-0.4, -0.2) is 18.4 Å². The molecule has 0 fully saturated rings. The molecule has 20 heavy (non-hydrogen) atoms. The molecule has 0 saturated heterocycles. The second kappa shape index (κ2) is 6.81. The van der Waals surface area contributed by atoms with Gasteiger partial charge in [-0.15, -0.1) is 0 Å². The number of thiophene rings is 1. The van der Waals surface area contributed by atoms with Crippen LogP contribution in [0.15, 0.2) is 41.1 Å². The Hall–Kier alpha value is -2.21. The molecule has 0 radical (unpaired) electrons. The molecule has 0 saturated carbocycles. The average molecular weight is 292 g/mol. The summed E-state index contributed by atoms with van der Waals surface area (Å²) < 4.78 is 12.9. The van der Waals surface area contributed by atoms with Gasteiger partial charge in [0.05, 0.1) is 0 Å². The van der Waals surface area contributed by atoms with Gasteiger partial charge in [-0.3, -0.25) is 9.59 Å². The van der Waals surface area contributed by atoms with E-state index in [0.717, 1.165) is 11.6 Å². The molecule has 0 unspecified atom stereocenters. The van der Waals surface area contributed by atoms with Crippen LogP contribution in [0.4, 0.5) is 10.1 Å². The van der Waals surface area contributed by atoms with Crippen molar-refractivity contribution in [2.24, 2.45) is 0 Å². The van der Waals surface area contributed by atoms with Crippen molar-refractivity contribution in [3.63, 3.8) is 0 Å². The first-order valence-corrected chi connectivity index (χ1v) is 6.95. The number of benzene rings is 1. The van der Waals surface area contributed by atoms with E-state index in [1.807, 2.05) is 16.8 Å². The van der Waals surface area contributed by atoms with E-state index in [1.54, 1.807) is 11.3 Å². The summed E-state index contributed by atoms with van der Waals surface area (Å²) in [7, 11) is 0. The number of carbonyl (C=O) groups excluding carboxylic acids is 2. The van der Waals surface area contributed by atoms with Gasteiger partial charge in [0.1, 0.15) is 5.82 Å². The van der Waals surface area contributed by atoms with Crippen LogP contribution in [0.25, 0.3) is 0 Å². The number of nitrogens with one attached hydrogen (secondary N) is 2. The monoisotopic (exact) mass is 292 g/mol. The Morgan fingerprint density at radius 1 is 1.20 bits per heavy atom. The van der Waals surface area contributed by atoms with E-state index in [0.29, 0.717) is 13.0 Å². The van der Waals surface area contributed by atoms with Crippen LogP contribution in [0, 0.1) is 5.82 Å². The van der Waals surface area contributed by atoms with Gasteiger partial charge in [0, 0.05) is 12.2 Å². The van der Waals surface area contributed by atoms with Crippen molar-refractivity contribution in [2.45, 2.75) is 6.42 Å². The zero-order valence-corrected chi connectivity index (χ0v) is 11.4. The molecule has 104 valence electrons. The van der Waals surface area contributed by atoms with Gasteiger partial charge in [-0.25, -0.2) is 4.39 Å². The molecule has 0 spiro atoms. The van der Waals surface area contributed by atoms with Gasteiger partial charge in [0.2, 0.25) is 0 Å². The van der Waals surface area contributed by atoms with Crippen LogP contribution in [0.2, 0.25) is 0 Å². The zero-order chi connectivity index (χ0) is 14.4. The maximum absolute atomic E-state index is 12.9. The molecule has 0 atom stereocenters. The average Bonchev–Trinajstić information content (AvgIpc) is 2.91. The number of amides is 2. The van der Waals surface area contributed by atoms with Crippen molar-refractivity contribution in [3.05, 3.63) is 52.5 Å². The van der Waals surface area contributed by atoms with Gasteiger partial charge in [0.15, 0.2) is 0 Å². The van der Waals surface area contributed by atoms with Crippen molar-refractivity contribution in [2.75, 3.05) is 11.9 Å². The molecule has 1 aromatic carbocycles. The summed E-state index contributed by atoms with van der Waals surface area (Å²) in [6.45, 7) is 0.381. The predicted molar refractivity (Wildman–Crippen MR) is 76.1 cm³/mol. The summed E-state index contributed by atoms with van der Waals surface area (Å²) in [6, 6.07) is 7.34. The van der Waals surface area contributed by atoms with Gasteiger partial charge in [-0.2, -0.15) is 11.3 Å². The maximum Gasteiger partial charge on any atom is 0.313 e. The van der Waals surface area contributed by atoms with E-state index >= 15 is 0 Å². The fourth-order valence-corrected chi connectivity index (χ4v) is 2.29. The molecule has 6 heteroatoms. The first kappa shape index (κ1) is 14.2. The predicted octanol–water partition coefficient (Wildman–Crippen LogP) is 2.18. The highest BCUT2D eigenvalue weighted by molar-refractivity contribution is 7.07. The zero-order valence-electron chi connectivity index (χ0n) is 10.6. The second-order valence-corrected chi connectivity index (χ2v) is 4.88. The van der Waals surface area contributed by atoms with Gasteiger partial charge >= 0.3 is 11.8 Å². The molecule has 0 aliphatic heterocycles. The number of halogens is 1. The first-order valence-electron chi connectivity index (χ1n) is 6.01. The van der Waals surface area contributed by atoms with Gasteiger partial charge in [-0.1, -0.05) is 6.07 Å². The van der Waals surface area contributed by atoms with E-state index in [9.17, 15) is 14.0 Å².